The van der Waals surface area contributed by atoms with Crippen LogP contribution in [0, 0.1) is 12.8 Å². The second-order valence-electron chi connectivity index (χ2n) is 4.52. The van der Waals surface area contributed by atoms with Crippen LogP contribution in [-0.2, 0) is 4.79 Å². The van der Waals surface area contributed by atoms with Gasteiger partial charge in [0.2, 0.25) is 0 Å². The number of hydrogen-bond acceptors (Lipinski definition) is 2. The number of aliphatic carboxylic acids is 1. The summed E-state index contributed by atoms with van der Waals surface area (Å²) in [4.78, 5) is 12.2. The lowest BCUT2D eigenvalue weighted by molar-refractivity contribution is -0.141. The van der Waals surface area contributed by atoms with Gasteiger partial charge in [-0.25, -0.2) is 0 Å². The largest absolute Gasteiger partial charge is 0.481 e. The maximum atomic E-state index is 10.9. The van der Waals surface area contributed by atoms with Crippen molar-refractivity contribution in [1.82, 2.24) is 0 Å². The Kier molecular flexibility index (Phi) is 3.24. The fourth-order valence-electron chi connectivity index (χ4n) is 2.12. The molecule has 1 aromatic carbocycles. The SMILES string of the molecule is Cc1ccc2c(c1)C(CC(C)C(=O)O)CS2. The zero-order chi connectivity index (χ0) is 11.7. The molecule has 2 atom stereocenters. The minimum absolute atomic E-state index is 0.253. The second kappa shape index (κ2) is 4.50. The third-order valence-electron chi connectivity index (χ3n) is 3.10. The Bertz CT molecular complexity index is 414. The minimum Gasteiger partial charge on any atom is -0.481 e. The van der Waals surface area contributed by atoms with E-state index in [4.69, 9.17) is 5.11 Å². The van der Waals surface area contributed by atoms with Crippen LogP contribution in [0.3, 0.4) is 0 Å². The van der Waals surface area contributed by atoms with Crippen LogP contribution in [-0.4, -0.2) is 16.8 Å². The summed E-state index contributed by atoms with van der Waals surface area (Å²) in [6.45, 7) is 3.88. The van der Waals surface area contributed by atoms with E-state index >= 15 is 0 Å². The summed E-state index contributed by atoms with van der Waals surface area (Å²) in [5.41, 5.74) is 2.60. The predicted octanol–water partition coefficient (Wildman–Crippen LogP) is 3.30. The maximum absolute atomic E-state index is 10.9. The van der Waals surface area contributed by atoms with E-state index in [0.717, 1.165) is 12.2 Å². The Morgan fingerprint density at radius 2 is 2.38 bits per heavy atom. The smallest absolute Gasteiger partial charge is 0.306 e. The summed E-state index contributed by atoms with van der Waals surface area (Å²) in [6, 6.07) is 6.48. The molecule has 1 aliphatic heterocycles. The molecule has 2 nitrogen and oxygen atoms in total. The van der Waals surface area contributed by atoms with E-state index in [1.807, 2.05) is 11.8 Å². The predicted molar refractivity (Wildman–Crippen MR) is 66.1 cm³/mol. The Hall–Kier alpha value is -0.960. The molecular weight excluding hydrogens is 220 g/mol. The van der Waals surface area contributed by atoms with Crippen LogP contribution in [0.25, 0.3) is 0 Å². The van der Waals surface area contributed by atoms with Crippen LogP contribution in [0.1, 0.15) is 30.4 Å². The lowest BCUT2D eigenvalue weighted by atomic mass is 9.90. The van der Waals surface area contributed by atoms with Gasteiger partial charge in [0, 0.05) is 10.6 Å². The number of carbonyl (C=O) groups is 1. The van der Waals surface area contributed by atoms with Crippen LogP contribution < -0.4 is 0 Å². The van der Waals surface area contributed by atoms with Gasteiger partial charge in [-0.05, 0) is 30.9 Å². The monoisotopic (exact) mass is 236 g/mol. The minimum atomic E-state index is -0.689. The summed E-state index contributed by atoms with van der Waals surface area (Å²) in [5.74, 6) is 0.491. The zero-order valence-corrected chi connectivity index (χ0v) is 10.4. The molecule has 1 aromatic rings. The quantitative estimate of drug-likeness (QED) is 0.875. The molecule has 2 unspecified atom stereocenters. The van der Waals surface area contributed by atoms with Crippen LogP contribution in [0.4, 0.5) is 0 Å². The van der Waals surface area contributed by atoms with Crippen molar-refractivity contribution in [3.8, 4) is 0 Å². The summed E-state index contributed by atoms with van der Waals surface area (Å²) in [7, 11) is 0. The number of rotatable bonds is 3. The Morgan fingerprint density at radius 3 is 3.06 bits per heavy atom. The van der Waals surface area contributed by atoms with E-state index in [2.05, 4.69) is 25.1 Å². The molecule has 1 aliphatic rings. The molecule has 0 amide bonds. The molecule has 0 saturated carbocycles. The number of benzene rings is 1. The van der Waals surface area contributed by atoms with Gasteiger partial charge < -0.3 is 5.11 Å². The molecule has 0 fully saturated rings. The van der Waals surface area contributed by atoms with E-state index < -0.39 is 5.97 Å². The number of hydrogen-bond donors (Lipinski definition) is 1. The average Bonchev–Trinajstić information content (AvgIpc) is 2.61. The number of thioether (sulfide) groups is 1. The van der Waals surface area contributed by atoms with Gasteiger partial charge >= 0.3 is 5.97 Å². The van der Waals surface area contributed by atoms with Crippen LogP contribution in [0.2, 0.25) is 0 Å². The van der Waals surface area contributed by atoms with Gasteiger partial charge in [-0.1, -0.05) is 24.6 Å². The van der Waals surface area contributed by atoms with E-state index in [-0.39, 0.29) is 5.92 Å². The van der Waals surface area contributed by atoms with Gasteiger partial charge in [0.1, 0.15) is 0 Å². The first-order chi connectivity index (χ1) is 7.58. The van der Waals surface area contributed by atoms with Crippen molar-refractivity contribution < 1.29 is 9.90 Å². The fraction of sp³-hybridized carbons (Fsp3) is 0.462. The standard InChI is InChI=1S/C13H16O2S/c1-8-3-4-12-11(5-8)10(7-16-12)6-9(2)13(14)15/h3-5,9-10H,6-7H2,1-2H3,(H,14,15). The van der Waals surface area contributed by atoms with Crippen molar-refractivity contribution >= 4 is 17.7 Å². The molecule has 16 heavy (non-hydrogen) atoms. The molecule has 0 radical (unpaired) electrons. The summed E-state index contributed by atoms with van der Waals surface area (Å²) in [5, 5.41) is 8.94. The highest BCUT2D eigenvalue weighted by atomic mass is 32.2. The summed E-state index contributed by atoms with van der Waals surface area (Å²) < 4.78 is 0. The Labute approximate surface area is 100 Å². The molecule has 3 heteroatoms. The van der Waals surface area contributed by atoms with Gasteiger partial charge in [-0.2, -0.15) is 0 Å². The molecule has 1 N–H and O–H groups in total. The van der Waals surface area contributed by atoms with Crippen molar-refractivity contribution in [3.63, 3.8) is 0 Å². The lowest BCUT2D eigenvalue weighted by Crippen LogP contribution is -2.13. The van der Waals surface area contributed by atoms with Crippen molar-refractivity contribution in [2.45, 2.75) is 31.1 Å². The van der Waals surface area contributed by atoms with Gasteiger partial charge in [0.15, 0.2) is 0 Å². The van der Waals surface area contributed by atoms with Crippen molar-refractivity contribution in [2.24, 2.45) is 5.92 Å². The zero-order valence-electron chi connectivity index (χ0n) is 9.56. The Balaban J connectivity index is 2.17. The molecule has 0 aliphatic carbocycles. The van der Waals surface area contributed by atoms with Crippen LogP contribution in [0.5, 0.6) is 0 Å². The van der Waals surface area contributed by atoms with Crippen LogP contribution >= 0.6 is 11.8 Å². The number of fused-ring (bicyclic) bond motifs is 1. The molecular formula is C13H16O2S. The van der Waals surface area contributed by atoms with E-state index in [1.165, 1.54) is 16.0 Å². The van der Waals surface area contributed by atoms with Crippen LogP contribution in [0.15, 0.2) is 23.1 Å². The molecule has 0 spiro atoms. The normalized spacial score (nSPS) is 20.5. The average molecular weight is 236 g/mol. The molecule has 0 bridgehead atoms. The highest BCUT2D eigenvalue weighted by molar-refractivity contribution is 7.99. The number of carboxylic acids is 1. The van der Waals surface area contributed by atoms with E-state index in [9.17, 15) is 4.79 Å². The van der Waals surface area contributed by atoms with E-state index in [1.54, 1.807) is 6.92 Å². The summed E-state index contributed by atoms with van der Waals surface area (Å²) in [6.07, 6.45) is 0.749. The molecule has 2 rings (SSSR count). The number of carboxylic acid groups (broad SMARTS) is 1. The van der Waals surface area contributed by atoms with Gasteiger partial charge in [0.05, 0.1) is 5.92 Å². The maximum Gasteiger partial charge on any atom is 0.306 e. The third-order valence-corrected chi connectivity index (χ3v) is 4.36. The summed E-state index contributed by atoms with van der Waals surface area (Å²) >= 11 is 1.85. The molecule has 0 aromatic heterocycles. The fourth-order valence-corrected chi connectivity index (χ4v) is 3.37. The van der Waals surface area contributed by atoms with E-state index in [0.29, 0.717) is 5.92 Å². The molecule has 0 saturated heterocycles. The highest BCUT2D eigenvalue weighted by Crippen LogP contribution is 2.42. The first-order valence-corrected chi connectivity index (χ1v) is 6.52. The first kappa shape index (κ1) is 11.5. The molecule has 1 heterocycles. The number of aryl methyl sites for hydroxylation is 1. The van der Waals surface area contributed by atoms with Crippen molar-refractivity contribution in [1.29, 1.82) is 0 Å². The third kappa shape index (κ3) is 2.24. The Morgan fingerprint density at radius 1 is 1.62 bits per heavy atom. The van der Waals surface area contributed by atoms with Gasteiger partial charge in [0.25, 0.3) is 0 Å². The van der Waals surface area contributed by atoms with Crippen molar-refractivity contribution in [2.75, 3.05) is 5.75 Å². The van der Waals surface area contributed by atoms with Gasteiger partial charge in [-0.3, -0.25) is 4.79 Å². The molecule has 86 valence electrons. The first-order valence-electron chi connectivity index (χ1n) is 5.54. The lowest BCUT2D eigenvalue weighted by Gasteiger charge is -2.13. The topological polar surface area (TPSA) is 37.3 Å². The highest BCUT2D eigenvalue weighted by Gasteiger charge is 2.26. The van der Waals surface area contributed by atoms with Crippen molar-refractivity contribution in [3.05, 3.63) is 29.3 Å². The van der Waals surface area contributed by atoms with Gasteiger partial charge in [-0.15, -0.1) is 11.8 Å². The second-order valence-corrected chi connectivity index (χ2v) is 5.59.